The van der Waals surface area contributed by atoms with E-state index < -0.39 is 18.6 Å². The van der Waals surface area contributed by atoms with Gasteiger partial charge in [0.1, 0.15) is 42.1 Å². The highest BCUT2D eigenvalue weighted by Crippen LogP contribution is 2.50. The van der Waals surface area contributed by atoms with Crippen molar-refractivity contribution in [1.29, 1.82) is 0 Å². The minimum absolute atomic E-state index is 0.141. The van der Waals surface area contributed by atoms with Gasteiger partial charge < -0.3 is 35.0 Å². The number of ether oxygens (including phenoxy) is 2. The van der Waals surface area contributed by atoms with Gasteiger partial charge in [-0.05, 0) is 36.4 Å². The molecular weight excluding hydrogens is 674 g/mol. The average Bonchev–Trinajstić information content (AvgIpc) is 3.99. The van der Waals surface area contributed by atoms with Crippen LogP contribution in [0.2, 0.25) is 5.02 Å². The van der Waals surface area contributed by atoms with E-state index in [2.05, 4.69) is 77.4 Å². The zero-order chi connectivity index (χ0) is 34.4. The Morgan fingerprint density at radius 1 is 0.824 bits per heavy atom. The lowest BCUT2D eigenvalue weighted by Gasteiger charge is -2.32. The fourth-order valence-electron chi connectivity index (χ4n) is 7.96. The molecule has 4 aliphatic rings. The molecule has 13 heteroatoms. The number of benzene rings is 3. The molecule has 0 saturated carbocycles. The molecule has 3 unspecified atom stereocenters. The number of halogens is 3. The van der Waals surface area contributed by atoms with Crippen molar-refractivity contribution in [3.63, 3.8) is 0 Å². The molecule has 7 heterocycles. The molecule has 10 nitrogen and oxygen atoms in total. The first-order chi connectivity index (χ1) is 24.9. The predicted molar refractivity (Wildman–Crippen MR) is 192 cm³/mol. The number of aromatic nitrogens is 5. The van der Waals surface area contributed by atoms with Crippen LogP contribution in [0.5, 0.6) is 11.5 Å². The summed E-state index contributed by atoms with van der Waals surface area (Å²) in [4.78, 5) is 18.1. The van der Waals surface area contributed by atoms with Crippen LogP contribution in [0.15, 0.2) is 67.0 Å². The summed E-state index contributed by atoms with van der Waals surface area (Å²) >= 11 is 7.38. The molecule has 0 bridgehead atoms. The third-order valence-electron chi connectivity index (χ3n) is 10.6. The third-order valence-corrected chi connectivity index (χ3v) is 11.0. The Kier molecular flexibility index (Phi) is 7.16. The van der Waals surface area contributed by atoms with Crippen LogP contribution in [-0.4, -0.2) is 70.1 Å². The fraction of sp³-hybridized carbons (Fsp3) is 0.316. The minimum Gasteiger partial charge on any atom is -0.490 e. The lowest BCUT2D eigenvalue weighted by molar-refractivity contribution is 0.173. The first kappa shape index (κ1) is 30.9. The lowest BCUT2D eigenvalue weighted by atomic mass is 10.0. The van der Waals surface area contributed by atoms with Crippen LogP contribution in [0, 0.1) is 0 Å². The minimum atomic E-state index is -0.878. The summed E-state index contributed by atoms with van der Waals surface area (Å²) in [5.74, 6) is 2.93. The summed E-state index contributed by atoms with van der Waals surface area (Å²) in [5, 5.41) is 7.88. The molecule has 4 N–H and O–H groups in total. The van der Waals surface area contributed by atoms with E-state index in [0.717, 1.165) is 79.9 Å². The van der Waals surface area contributed by atoms with E-state index in [1.54, 1.807) is 12.4 Å². The molecule has 3 aromatic heterocycles. The van der Waals surface area contributed by atoms with Crippen molar-refractivity contribution in [1.82, 2.24) is 35.1 Å². The molecule has 0 aliphatic carbocycles. The van der Waals surface area contributed by atoms with Crippen molar-refractivity contribution in [3.05, 3.63) is 89.2 Å². The maximum absolute atomic E-state index is 13.9. The number of H-pyrrole nitrogens is 2. The highest BCUT2D eigenvalue weighted by atomic mass is 35.5. The van der Waals surface area contributed by atoms with Crippen LogP contribution in [0.1, 0.15) is 48.4 Å². The standard InChI is InChI=1S/C38H35ClF2N8O2/c1-48-8-9-50-33-12-21(4-7-31(33)48)38-49-30-6-3-19(28-17-44-36(46-28)26-13-22(40)15-42-26)10-25(30)34(39)35(49)24-5-2-20(11-32(24)51-38)29-18-45-37(47-29)27-14-23(41)16-43-27/h2-7,10-12,17-18,22-23,26-27,38,42-43H,8-9,13-16H2,1H3,(H,44,46)(H,45,47)/t22-,23-,26?,27?,38?/m1/s1. The van der Waals surface area contributed by atoms with Crippen molar-refractivity contribution in [2.75, 3.05) is 38.2 Å². The van der Waals surface area contributed by atoms with Gasteiger partial charge in [-0.3, -0.25) is 4.57 Å². The fourth-order valence-corrected chi connectivity index (χ4v) is 8.30. The number of rotatable bonds is 5. The number of imidazole rings is 2. The second kappa shape index (κ2) is 11.8. The van der Waals surface area contributed by atoms with Gasteiger partial charge in [-0.15, -0.1) is 0 Å². The second-order valence-electron chi connectivity index (χ2n) is 13.9. The van der Waals surface area contributed by atoms with E-state index in [1.807, 2.05) is 24.3 Å². The number of aromatic amines is 2. The van der Waals surface area contributed by atoms with E-state index in [4.69, 9.17) is 21.1 Å². The lowest BCUT2D eigenvalue weighted by Crippen LogP contribution is -2.29. The van der Waals surface area contributed by atoms with Crippen LogP contribution in [0.25, 0.3) is 44.7 Å². The first-order valence-corrected chi connectivity index (χ1v) is 17.7. The number of anilines is 1. The molecule has 0 amide bonds. The van der Waals surface area contributed by atoms with Gasteiger partial charge in [0.15, 0.2) is 0 Å². The number of fused-ring (bicyclic) bond motifs is 6. The summed E-state index contributed by atoms with van der Waals surface area (Å²) < 4.78 is 43.0. The number of hydrogen-bond donors (Lipinski definition) is 4. The molecule has 0 spiro atoms. The van der Waals surface area contributed by atoms with Gasteiger partial charge in [-0.25, -0.2) is 18.7 Å². The zero-order valence-electron chi connectivity index (χ0n) is 27.7. The molecule has 3 aromatic carbocycles. The van der Waals surface area contributed by atoms with Gasteiger partial charge in [-0.2, -0.15) is 0 Å². The molecule has 2 saturated heterocycles. The molecular formula is C38H35ClF2N8O2. The molecule has 51 heavy (non-hydrogen) atoms. The monoisotopic (exact) mass is 708 g/mol. The van der Waals surface area contributed by atoms with Crippen molar-refractivity contribution < 1.29 is 18.3 Å². The number of hydrogen-bond acceptors (Lipinski definition) is 7. The Morgan fingerprint density at radius 3 is 2.20 bits per heavy atom. The smallest absolute Gasteiger partial charge is 0.203 e. The number of nitrogens with zero attached hydrogens (tertiary/aromatic N) is 4. The Labute approximate surface area is 297 Å². The maximum Gasteiger partial charge on any atom is 0.203 e. The topological polar surface area (TPSA) is 108 Å². The van der Waals surface area contributed by atoms with Crippen LogP contribution in [-0.2, 0) is 0 Å². The van der Waals surface area contributed by atoms with Crippen LogP contribution >= 0.6 is 11.6 Å². The molecule has 6 aromatic rings. The van der Waals surface area contributed by atoms with Crippen LogP contribution in [0.3, 0.4) is 0 Å². The molecule has 4 aliphatic heterocycles. The van der Waals surface area contributed by atoms with Crippen molar-refractivity contribution >= 4 is 28.2 Å². The van der Waals surface area contributed by atoms with Gasteiger partial charge >= 0.3 is 0 Å². The number of nitrogens with one attached hydrogen (secondary N) is 4. The Bertz CT molecular complexity index is 2320. The normalized spacial score (nSPS) is 23.9. The first-order valence-electron chi connectivity index (χ1n) is 17.4. The van der Waals surface area contributed by atoms with Gasteiger partial charge in [0, 0.05) is 60.6 Å². The molecule has 2 fully saturated rings. The van der Waals surface area contributed by atoms with Gasteiger partial charge in [0.05, 0.1) is 64.3 Å². The maximum atomic E-state index is 13.9. The Balaban J connectivity index is 1.08. The summed E-state index contributed by atoms with van der Waals surface area (Å²) in [6, 6.07) is 18.2. The summed E-state index contributed by atoms with van der Waals surface area (Å²) in [7, 11) is 2.06. The zero-order valence-corrected chi connectivity index (χ0v) is 28.5. The highest BCUT2D eigenvalue weighted by molar-refractivity contribution is 6.38. The van der Waals surface area contributed by atoms with Crippen molar-refractivity contribution in [2.24, 2.45) is 0 Å². The van der Waals surface area contributed by atoms with Gasteiger partial charge in [0.25, 0.3) is 0 Å². The van der Waals surface area contributed by atoms with E-state index in [9.17, 15) is 8.78 Å². The Hall–Kier alpha value is -4.91. The molecule has 0 radical (unpaired) electrons. The molecule has 260 valence electrons. The number of alkyl halides is 2. The largest absolute Gasteiger partial charge is 0.490 e. The summed E-state index contributed by atoms with van der Waals surface area (Å²) in [6.45, 7) is 2.08. The Morgan fingerprint density at radius 2 is 1.51 bits per heavy atom. The van der Waals surface area contributed by atoms with Gasteiger partial charge in [-0.1, -0.05) is 29.8 Å². The SMILES string of the molecule is CN1CCOc2cc(C3Oc4cc(-c5cnc(C6C[C@@H](F)CN6)[nH]5)ccc4-c4c(Cl)c5cc(-c6cnc(C7C[C@@H](F)CN7)[nH]6)ccc5n43)ccc21. The van der Waals surface area contributed by atoms with Crippen LogP contribution in [0.4, 0.5) is 14.5 Å². The van der Waals surface area contributed by atoms with E-state index in [-0.39, 0.29) is 12.1 Å². The molecule has 10 rings (SSSR count). The van der Waals surface area contributed by atoms with E-state index >= 15 is 0 Å². The van der Waals surface area contributed by atoms with E-state index in [1.165, 1.54) is 0 Å². The average molecular weight is 709 g/mol. The van der Waals surface area contributed by atoms with Crippen molar-refractivity contribution in [3.8, 4) is 45.3 Å². The van der Waals surface area contributed by atoms with Crippen molar-refractivity contribution in [2.45, 2.75) is 43.5 Å². The third kappa shape index (κ3) is 5.10. The van der Waals surface area contributed by atoms with Gasteiger partial charge in [0.2, 0.25) is 6.23 Å². The quantitative estimate of drug-likeness (QED) is 0.149. The number of likely N-dealkylation sites (N-methyl/N-ethyl adjacent to an activating group) is 1. The van der Waals surface area contributed by atoms with E-state index in [0.29, 0.717) is 43.3 Å². The summed E-state index contributed by atoms with van der Waals surface area (Å²) in [5.41, 5.74) is 8.04. The summed E-state index contributed by atoms with van der Waals surface area (Å²) in [6.07, 6.45) is 2.07. The second-order valence-corrected chi connectivity index (χ2v) is 14.3. The van der Waals surface area contributed by atoms with Crippen LogP contribution < -0.4 is 25.0 Å². The predicted octanol–water partition coefficient (Wildman–Crippen LogP) is 7.25. The molecule has 5 atom stereocenters. The highest BCUT2D eigenvalue weighted by Gasteiger charge is 2.34.